The second kappa shape index (κ2) is 8.41. The van der Waals surface area contributed by atoms with Crippen LogP contribution in [-0.2, 0) is 6.54 Å². The number of thiophene rings is 1. The molecule has 116 valence electrons. The van der Waals surface area contributed by atoms with Crippen molar-refractivity contribution in [1.82, 2.24) is 4.90 Å². The van der Waals surface area contributed by atoms with Gasteiger partial charge in [0.2, 0.25) is 0 Å². The second-order valence-corrected chi connectivity index (χ2v) is 6.79. The molecule has 0 aromatic carbocycles. The Hall–Kier alpha value is -1.04. The Balaban J connectivity index is 1.94. The van der Waals surface area contributed by atoms with Crippen LogP contribution in [0.1, 0.15) is 48.8 Å². The van der Waals surface area contributed by atoms with Gasteiger partial charge in [0.15, 0.2) is 5.84 Å². The molecule has 1 aliphatic heterocycles. The smallest absolute Gasteiger partial charge is 0.161 e. The molecule has 0 unspecified atom stereocenters. The first-order valence-corrected chi connectivity index (χ1v) is 8.55. The highest BCUT2D eigenvalue weighted by atomic mass is 32.1. The molecule has 2 N–H and O–H groups in total. The van der Waals surface area contributed by atoms with Gasteiger partial charge in [-0.3, -0.25) is 10.3 Å². The predicted molar refractivity (Wildman–Crippen MR) is 89.7 cm³/mol. The van der Waals surface area contributed by atoms with Gasteiger partial charge in [0.05, 0.1) is 4.88 Å². The van der Waals surface area contributed by atoms with Gasteiger partial charge in [-0.2, -0.15) is 0 Å². The van der Waals surface area contributed by atoms with Crippen molar-refractivity contribution >= 4 is 22.9 Å². The summed E-state index contributed by atoms with van der Waals surface area (Å²) in [6.07, 6.45) is 5.86. The van der Waals surface area contributed by atoms with Crippen LogP contribution in [-0.4, -0.2) is 41.3 Å². The van der Waals surface area contributed by atoms with Gasteiger partial charge in [-0.05, 0) is 45.0 Å². The zero-order valence-corrected chi connectivity index (χ0v) is 13.6. The molecular formula is C16H25N3OS. The van der Waals surface area contributed by atoms with E-state index in [1.807, 2.05) is 13.0 Å². The summed E-state index contributed by atoms with van der Waals surface area (Å²) in [5.41, 5.74) is 0.810. The van der Waals surface area contributed by atoms with E-state index in [4.69, 9.17) is 10.5 Å². The van der Waals surface area contributed by atoms with E-state index in [-0.39, 0.29) is 6.61 Å². The molecule has 1 aliphatic rings. The van der Waals surface area contributed by atoms with Gasteiger partial charge in [0, 0.05) is 30.2 Å². The summed E-state index contributed by atoms with van der Waals surface area (Å²) in [7, 11) is 0. The molecule has 1 fully saturated rings. The van der Waals surface area contributed by atoms with Crippen LogP contribution in [0.4, 0.5) is 0 Å². The van der Waals surface area contributed by atoms with Crippen LogP contribution in [0.3, 0.4) is 0 Å². The van der Waals surface area contributed by atoms with Crippen LogP contribution in [0.2, 0.25) is 0 Å². The molecule has 0 bridgehead atoms. The third-order valence-corrected chi connectivity index (χ3v) is 4.83. The van der Waals surface area contributed by atoms with Crippen LogP contribution in [0.15, 0.2) is 17.1 Å². The Bertz CT molecular complexity index is 487. The van der Waals surface area contributed by atoms with Crippen LogP contribution >= 0.6 is 11.3 Å². The molecule has 1 saturated heterocycles. The first kappa shape index (κ1) is 16.3. The predicted octanol–water partition coefficient (Wildman–Crippen LogP) is 3.29. The summed E-state index contributed by atoms with van der Waals surface area (Å²) in [6.45, 7) is 5.33. The van der Waals surface area contributed by atoms with Crippen molar-refractivity contribution in [1.29, 1.82) is 5.41 Å². The van der Waals surface area contributed by atoms with Gasteiger partial charge < -0.3 is 5.11 Å². The highest BCUT2D eigenvalue weighted by molar-refractivity contribution is 7.14. The number of nitrogens with one attached hydrogen (secondary N) is 1. The van der Waals surface area contributed by atoms with Crippen LogP contribution in [0.25, 0.3) is 0 Å². The highest BCUT2D eigenvalue weighted by Crippen LogP contribution is 2.21. The first-order valence-electron chi connectivity index (χ1n) is 7.74. The lowest BCUT2D eigenvalue weighted by Crippen LogP contribution is -2.23. The van der Waals surface area contributed by atoms with E-state index in [0.717, 1.165) is 17.1 Å². The van der Waals surface area contributed by atoms with Crippen molar-refractivity contribution in [2.75, 3.05) is 19.7 Å². The molecule has 2 heterocycles. The van der Waals surface area contributed by atoms with Gasteiger partial charge in [-0.15, -0.1) is 11.3 Å². The Morgan fingerprint density at radius 3 is 2.67 bits per heavy atom. The second-order valence-electron chi connectivity index (χ2n) is 5.63. The van der Waals surface area contributed by atoms with E-state index in [0.29, 0.717) is 12.3 Å². The Morgan fingerprint density at radius 1 is 1.29 bits per heavy atom. The summed E-state index contributed by atoms with van der Waals surface area (Å²) in [5, 5.41) is 16.9. The molecule has 0 spiro atoms. The Kier molecular flexibility index (Phi) is 6.54. The fraction of sp³-hybridized carbons (Fsp3) is 0.625. The largest absolute Gasteiger partial charge is 0.396 e. The fourth-order valence-electron chi connectivity index (χ4n) is 2.57. The topological polar surface area (TPSA) is 59.7 Å². The van der Waals surface area contributed by atoms with Gasteiger partial charge in [0.25, 0.3) is 0 Å². The maximum Gasteiger partial charge on any atom is 0.161 e. The van der Waals surface area contributed by atoms with Crippen molar-refractivity contribution < 1.29 is 5.11 Å². The molecule has 0 radical (unpaired) electrons. The van der Waals surface area contributed by atoms with Gasteiger partial charge >= 0.3 is 0 Å². The lowest BCUT2D eigenvalue weighted by Gasteiger charge is -2.18. The minimum atomic E-state index is 0.0905. The van der Waals surface area contributed by atoms with Crippen LogP contribution in [0, 0.1) is 5.41 Å². The summed E-state index contributed by atoms with van der Waals surface area (Å²) in [4.78, 5) is 8.99. The average molecular weight is 307 g/mol. The molecule has 4 nitrogen and oxygen atoms in total. The number of aliphatic imine (C=N–C) groups is 1. The molecule has 0 aliphatic carbocycles. The maximum atomic E-state index is 8.88. The number of rotatable bonds is 5. The Labute approximate surface area is 131 Å². The maximum absolute atomic E-state index is 8.88. The van der Waals surface area contributed by atoms with E-state index >= 15 is 0 Å². The highest BCUT2D eigenvalue weighted by Gasteiger charge is 2.12. The van der Waals surface area contributed by atoms with E-state index in [9.17, 15) is 0 Å². The first-order chi connectivity index (χ1) is 10.2. The lowest BCUT2D eigenvalue weighted by molar-refractivity contribution is 0.279. The molecule has 2 rings (SSSR count). The average Bonchev–Trinajstić information content (AvgIpc) is 2.76. The summed E-state index contributed by atoms with van der Waals surface area (Å²) < 4.78 is 0. The van der Waals surface area contributed by atoms with Gasteiger partial charge in [-0.1, -0.05) is 12.8 Å². The standard InChI is InChI=1S/C16H25N3OS/c1-13(8-11-20)18-16(17)15-7-6-14(21-15)12-19-9-4-2-3-5-10-19/h6-7,17,20H,2-5,8-12H2,1H3. The van der Waals surface area contributed by atoms with Crippen LogP contribution < -0.4 is 0 Å². The van der Waals surface area contributed by atoms with Gasteiger partial charge in [0.1, 0.15) is 0 Å². The number of hydrogen-bond acceptors (Lipinski definition) is 4. The molecule has 1 aromatic rings. The third-order valence-electron chi connectivity index (χ3n) is 3.75. The van der Waals surface area contributed by atoms with Crippen molar-refractivity contribution in [2.24, 2.45) is 4.99 Å². The summed E-state index contributed by atoms with van der Waals surface area (Å²) in [6, 6.07) is 4.12. The molecule has 0 saturated carbocycles. The van der Waals surface area contributed by atoms with Crippen molar-refractivity contribution in [3.63, 3.8) is 0 Å². The number of aliphatic hydroxyl groups excluding tert-OH is 1. The van der Waals surface area contributed by atoms with E-state index in [2.05, 4.69) is 16.0 Å². The molecule has 0 atom stereocenters. The monoisotopic (exact) mass is 307 g/mol. The quantitative estimate of drug-likeness (QED) is 0.648. The molecule has 21 heavy (non-hydrogen) atoms. The lowest BCUT2D eigenvalue weighted by atomic mass is 10.2. The fourth-order valence-corrected chi connectivity index (χ4v) is 3.51. The van der Waals surface area contributed by atoms with Crippen molar-refractivity contribution in [2.45, 2.75) is 45.6 Å². The van der Waals surface area contributed by atoms with E-state index < -0.39 is 0 Å². The zero-order valence-electron chi connectivity index (χ0n) is 12.8. The minimum Gasteiger partial charge on any atom is -0.396 e. The molecule has 1 aromatic heterocycles. The van der Waals surface area contributed by atoms with E-state index in [1.165, 1.54) is 43.6 Å². The number of amidine groups is 1. The minimum absolute atomic E-state index is 0.0905. The van der Waals surface area contributed by atoms with Crippen molar-refractivity contribution in [3.8, 4) is 0 Å². The number of nitrogens with zero attached hydrogens (tertiary/aromatic N) is 2. The van der Waals surface area contributed by atoms with E-state index in [1.54, 1.807) is 11.3 Å². The summed E-state index contributed by atoms with van der Waals surface area (Å²) >= 11 is 1.67. The SMILES string of the molecule is CC(CCO)=NC(=N)c1ccc(CN2CCCCCC2)s1. The molecule has 0 amide bonds. The summed E-state index contributed by atoms with van der Waals surface area (Å²) in [5.74, 6) is 0.313. The number of likely N-dealkylation sites (tertiary alicyclic amines) is 1. The van der Waals surface area contributed by atoms with Crippen LogP contribution in [0.5, 0.6) is 0 Å². The Morgan fingerprint density at radius 2 is 2.00 bits per heavy atom. The van der Waals surface area contributed by atoms with Crippen molar-refractivity contribution in [3.05, 3.63) is 21.9 Å². The number of hydrogen-bond donors (Lipinski definition) is 2. The number of aliphatic hydroxyl groups is 1. The zero-order chi connectivity index (χ0) is 15.1. The molecule has 5 heteroatoms. The normalized spacial score (nSPS) is 17.7. The third kappa shape index (κ3) is 5.34. The molecular weight excluding hydrogens is 282 g/mol. The van der Waals surface area contributed by atoms with Gasteiger partial charge in [-0.25, -0.2) is 4.99 Å².